The molecular weight excluding hydrogens is 347 g/mol. The molecule has 2 fully saturated rings. The Bertz CT molecular complexity index is 492. The Hall–Kier alpha value is -0.390. The molecule has 7 heteroatoms. The van der Waals surface area contributed by atoms with Crippen LogP contribution >= 0.6 is 36.4 Å². The van der Waals surface area contributed by atoms with Crippen molar-refractivity contribution in [3.63, 3.8) is 0 Å². The number of nitrogens with one attached hydrogen (secondary N) is 1. The second-order valence-corrected chi connectivity index (χ2v) is 6.03. The van der Waals surface area contributed by atoms with Gasteiger partial charge in [-0.3, -0.25) is 4.90 Å². The first-order valence-corrected chi connectivity index (χ1v) is 7.59. The van der Waals surface area contributed by atoms with E-state index in [1.165, 1.54) is 12.8 Å². The zero-order valence-electron chi connectivity index (χ0n) is 12.5. The quantitative estimate of drug-likeness (QED) is 0.855. The highest BCUT2D eigenvalue weighted by molar-refractivity contribution is 6.32. The van der Waals surface area contributed by atoms with E-state index in [9.17, 15) is 5.11 Å². The van der Waals surface area contributed by atoms with Crippen LogP contribution in [0.5, 0.6) is 11.5 Å². The minimum absolute atomic E-state index is 0. The number of methoxy groups -OCH3 is 1. The number of aromatic hydroxyl groups is 1. The molecule has 2 N–H and O–H groups in total. The predicted octanol–water partition coefficient (Wildman–Crippen LogP) is 3.25. The number of rotatable bonds is 4. The van der Waals surface area contributed by atoms with Gasteiger partial charge in [-0.2, -0.15) is 0 Å². The molecule has 1 aromatic carbocycles. The Morgan fingerprint density at radius 1 is 1.27 bits per heavy atom. The van der Waals surface area contributed by atoms with Crippen LogP contribution < -0.4 is 10.1 Å². The molecule has 0 radical (unpaired) electrons. The van der Waals surface area contributed by atoms with Crippen LogP contribution in [0.25, 0.3) is 0 Å². The molecular formula is C15H23Cl3N2O2. The van der Waals surface area contributed by atoms with Gasteiger partial charge < -0.3 is 15.2 Å². The lowest BCUT2D eigenvalue weighted by atomic mass is 9.99. The zero-order chi connectivity index (χ0) is 14.1. The van der Waals surface area contributed by atoms with Gasteiger partial charge in [-0.25, -0.2) is 0 Å². The largest absolute Gasteiger partial charge is 0.503 e. The van der Waals surface area contributed by atoms with E-state index in [4.69, 9.17) is 16.3 Å². The molecule has 1 aliphatic carbocycles. The maximum atomic E-state index is 9.89. The zero-order valence-corrected chi connectivity index (χ0v) is 14.9. The van der Waals surface area contributed by atoms with Crippen molar-refractivity contribution < 1.29 is 9.84 Å². The van der Waals surface area contributed by atoms with Crippen molar-refractivity contribution >= 4 is 36.4 Å². The Morgan fingerprint density at radius 2 is 1.91 bits per heavy atom. The molecule has 1 saturated heterocycles. The Kier molecular flexibility index (Phi) is 7.56. The number of piperazine rings is 1. The summed E-state index contributed by atoms with van der Waals surface area (Å²) in [5.41, 5.74) is 1.16. The fourth-order valence-electron chi connectivity index (χ4n) is 3.07. The average molecular weight is 370 g/mol. The number of ether oxygens (including phenoxy) is 1. The van der Waals surface area contributed by atoms with Crippen molar-refractivity contribution in [2.45, 2.75) is 18.9 Å². The Balaban J connectivity index is 0.00000121. The molecule has 2 aliphatic rings. The lowest BCUT2D eigenvalue weighted by Crippen LogP contribution is -2.45. The molecule has 0 unspecified atom stereocenters. The minimum atomic E-state index is 0. The fourth-order valence-corrected chi connectivity index (χ4v) is 3.29. The highest BCUT2D eigenvalue weighted by atomic mass is 35.5. The van der Waals surface area contributed by atoms with Gasteiger partial charge in [0.05, 0.1) is 12.1 Å². The fraction of sp³-hybridized carbons (Fsp3) is 0.600. The molecule has 0 spiro atoms. The van der Waals surface area contributed by atoms with Gasteiger partial charge in [0.2, 0.25) is 0 Å². The topological polar surface area (TPSA) is 44.7 Å². The molecule has 1 aromatic rings. The molecule has 1 atom stereocenters. The highest BCUT2D eigenvalue weighted by Gasteiger charge is 2.37. The highest BCUT2D eigenvalue weighted by Crippen LogP contribution is 2.47. The summed E-state index contributed by atoms with van der Waals surface area (Å²) in [5, 5.41) is 13.7. The van der Waals surface area contributed by atoms with E-state index < -0.39 is 0 Å². The van der Waals surface area contributed by atoms with Crippen LogP contribution in [0.1, 0.15) is 24.4 Å². The molecule has 0 bridgehead atoms. The second-order valence-electron chi connectivity index (χ2n) is 5.62. The smallest absolute Gasteiger partial charge is 0.176 e. The van der Waals surface area contributed by atoms with Crippen LogP contribution in [-0.2, 0) is 0 Å². The number of nitrogens with zero attached hydrogens (tertiary/aromatic N) is 1. The number of hydrogen-bond donors (Lipinski definition) is 2. The summed E-state index contributed by atoms with van der Waals surface area (Å²) < 4.78 is 5.24. The first-order valence-electron chi connectivity index (χ1n) is 7.22. The first-order chi connectivity index (χ1) is 9.70. The SMILES string of the molecule is COc1cc([C@@H](C2CC2)N2CCNCC2)cc(Cl)c1O.Cl.Cl. The van der Waals surface area contributed by atoms with Crippen molar-refractivity contribution in [2.24, 2.45) is 5.92 Å². The van der Waals surface area contributed by atoms with Gasteiger partial charge in [-0.15, -0.1) is 24.8 Å². The third-order valence-electron chi connectivity index (χ3n) is 4.23. The van der Waals surface area contributed by atoms with Gasteiger partial charge in [0.25, 0.3) is 0 Å². The predicted molar refractivity (Wildman–Crippen MR) is 94.1 cm³/mol. The van der Waals surface area contributed by atoms with E-state index in [2.05, 4.69) is 10.2 Å². The van der Waals surface area contributed by atoms with E-state index >= 15 is 0 Å². The Labute approximate surface area is 149 Å². The van der Waals surface area contributed by atoms with E-state index in [0.717, 1.165) is 31.7 Å². The summed E-state index contributed by atoms with van der Waals surface area (Å²) in [6.07, 6.45) is 2.55. The van der Waals surface area contributed by atoms with Gasteiger partial charge >= 0.3 is 0 Å². The van der Waals surface area contributed by atoms with Crippen LogP contribution in [0.2, 0.25) is 5.02 Å². The van der Waals surface area contributed by atoms with Crippen LogP contribution in [0.3, 0.4) is 0 Å². The number of phenols is 1. The molecule has 4 nitrogen and oxygen atoms in total. The molecule has 1 aliphatic heterocycles. The average Bonchev–Trinajstić information content (AvgIpc) is 3.28. The number of benzene rings is 1. The van der Waals surface area contributed by atoms with Gasteiger partial charge in [-0.1, -0.05) is 11.6 Å². The molecule has 1 saturated carbocycles. The molecule has 0 aromatic heterocycles. The summed E-state index contributed by atoms with van der Waals surface area (Å²) >= 11 is 6.14. The lowest BCUT2D eigenvalue weighted by Gasteiger charge is -2.35. The summed E-state index contributed by atoms with van der Waals surface area (Å²) in [7, 11) is 1.56. The van der Waals surface area contributed by atoms with E-state index in [0.29, 0.717) is 22.7 Å². The molecule has 0 amide bonds. The number of phenolic OH excluding ortho intramolecular Hbond substituents is 1. The van der Waals surface area contributed by atoms with Crippen molar-refractivity contribution in [3.8, 4) is 11.5 Å². The van der Waals surface area contributed by atoms with Crippen molar-refractivity contribution in [1.82, 2.24) is 10.2 Å². The lowest BCUT2D eigenvalue weighted by molar-refractivity contribution is 0.156. The van der Waals surface area contributed by atoms with Crippen LogP contribution in [0.15, 0.2) is 12.1 Å². The number of hydrogen-bond acceptors (Lipinski definition) is 4. The van der Waals surface area contributed by atoms with Gasteiger partial charge in [0.15, 0.2) is 11.5 Å². The standard InChI is InChI=1S/C15H21ClN2O2.2ClH/c1-20-13-9-11(8-12(16)15(13)19)14(10-2-3-10)18-6-4-17-5-7-18;;/h8-10,14,17,19H,2-7H2,1H3;2*1H/t14-;;/m1../s1. The summed E-state index contributed by atoms with van der Waals surface area (Å²) in [4.78, 5) is 2.52. The van der Waals surface area contributed by atoms with Crippen LogP contribution in [0.4, 0.5) is 0 Å². The summed E-state index contributed by atoms with van der Waals surface area (Å²) in [6, 6.07) is 4.22. The maximum Gasteiger partial charge on any atom is 0.176 e. The third kappa shape index (κ3) is 4.12. The van der Waals surface area contributed by atoms with Crippen molar-refractivity contribution in [3.05, 3.63) is 22.7 Å². The van der Waals surface area contributed by atoms with E-state index in [-0.39, 0.29) is 30.6 Å². The van der Waals surface area contributed by atoms with E-state index in [1.807, 2.05) is 12.1 Å². The first kappa shape index (κ1) is 19.7. The van der Waals surface area contributed by atoms with Crippen LogP contribution in [-0.4, -0.2) is 43.3 Å². The molecule has 126 valence electrons. The summed E-state index contributed by atoms with van der Waals surface area (Å²) in [5.74, 6) is 1.21. The maximum absolute atomic E-state index is 9.89. The van der Waals surface area contributed by atoms with Crippen LogP contribution in [0, 0.1) is 5.92 Å². The van der Waals surface area contributed by atoms with E-state index in [1.54, 1.807) is 7.11 Å². The van der Waals surface area contributed by atoms with Gasteiger partial charge in [-0.05, 0) is 36.5 Å². The van der Waals surface area contributed by atoms with Crippen molar-refractivity contribution in [2.75, 3.05) is 33.3 Å². The van der Waals surface area contributed by atoms with Crippen molar-refractivity contribution in [1.29, 1.82) is 0 Å². The number of halogens is 3. The summed E-state index contributed by atoms with van der Waals surface area (Å²) in [6.45, 7) is 4.18. The molecule has 22 heavy (non-hydrogen) atoms. The third-order valence-corrected chi connectivity index (χ3v) is 4.51. The van der Waals surface area contributed by atoms with Gasteiger partial charge in [0, 0.05) is 32.2 Å². The normalized spacial score (nSPS) is 19.7. The molecule has 3 rings (SSSR count). The minimum Gasteiger partial charge on any atom is -0.503 e. The Morgan fingerprint density at radius 3 is 2.45 bits per heavy atom. The van der Waals surface area contributed by atoms with Gasteiger partial charge in [0.1, 0.15) is 0 Å². The molecule has 1 heterocycles. The monoisotopic (exact) mass is 368 g/mol. The second kappa shape index (κ2) is 8.46.